The number of ether oxygens (including phenoxy) is 1. The zero-order chi connectivity index (χ0) is 22.9. The van der Waals surface area contributed by atoms with Gasteiger partial charge in [-0.3, -0.25) is 4.79 Å². The standard InChI is InChI=1S/C24H28N4O3S/c1-15-8-9-17(23-26-16(2)27-32-23)12-19(15)25-13-22(29)28-11-10-18-20(28)6-5-7-21(18)31-14-24(3,4)30/h5-9,12,25,30H,10-11,13-14H2,1-4H3. The maximum atomic E-state index is 13.0. The molecule has 2 heterocycles. The number of anilines is 2. The summed E-state index contributed by atoms with van der Waals surface area (Å²) >= 11 is 1.37. The normalized spacial score (nSPS) is 13.2. The quantitative estimate of drug-likeness (QED) is 0.564. The third-order valence-corrected chi connectivity index (χ3v) is 6.16. The molecule has 4 rings (SSSR count). The third-order valence-electron chi connectivity index (χ3n) is 5.31. The molecule has 1 amide bonds. The Bertz CT molecular complexity index is 1140. The van der Waals surface area contributed by atoms with Gasteiger partial charge >= 0.3 is 0 Å². The summed E-state index contributed by atoms with van der Waals surface area (Å²) in [5, 5.41) is 14.1. The smallest absolute Gasteiger partial charge is 0.246 e. The van der Waals surface area contributed by atoms with Crippen LogP contribution in [0.15, 0.2) is 36.4 Å². The minimum Gasteiger partial charge on any atom is -0.490 e. The molecule has 1 aliphatic rings. The Balaban J connectivity index is 1.45. The van der Waals surface area contributed by atoms with Crippen LogP contribution in [0.3, 0.4) is 0 Å². The highest BCUT2D eigenvalue weighted by atomic mass is 32.1. The van der Waals surface area contributed by atoms with Gasteiger partial charge in [-0.1, -0.05) is 18.2 Å². The van der Waals surface area contributed by atoms with Crippen LogP contribution in [0.1, 0.15) is 30.8 Å². The van der Waals surface area contributed by atoms with Crippen LogP contribution in [0.2, 0.25) is 0 Å². The number of hydrogen-bond acceptors (Lipinski definition) is 7. The first-order chi connectivity index (χ1) is 15.2. The number of rotatable bonds is 7. The molecule has 7 nitrogen and oxygen atoms in total. The molecular formula is C24H28N4O3S. The number of fused-ring (bicyclic) bond motifs is 1. The van der Waals surface area contributed by atoms with E-state index in [-0.39, 0.29) is 19.1 Å². The number of carbonyl (C=O) groups excluding carboxylic acids is 1. The van der Waals surface area contributed by atoms with Gasteiger partial charge in [0, 0.05) is 23.4 Å². The summed E-state index contributed by atoms with van der Waals surface area (Å²) in [6.45, 7) is 8.31. The van der Waals surface area contributed by atoms with Gasteiger partial charge in [0.1, 0.15) is 23.2 Å². The summed E-state index contributed by atoms with van der Waals surface area (Å²) in [5.74, 6) is 1.48. The van der Waals surface area contributed by atoms with E-state index in [1.54, 1.807) is 18.7 Å². The summed E-state index contributed by atoms with van der Waals surface area (Å²) in [7, 11) is 0. The Morgan fingerprint density at radius 3 is 2.81 bits per heavy atom. The van der Waals surface area contributed by atoms with Crippen molar-refractivity contribution < 1.29 is 14.6 Å². The molecule has 0 aliphatic carbocycles. The number of amides is 1. The number of aromatic nitrogens is 2. The van der Waals surface area contributed by atoms with E-state index in [2.05, 4.69) is 14.7 Å². The van der Waals surface area contributed by atoms with Gasteiger partial charge in [0.05, 0.1) is 17.8 Å². The van der Waals surface area contributed by atoms with Crippen molar-refractivity contribution in [2.45, 2.75) is 39.7 Å². The van der Waals surface area contributed by atoms with Gasteiger partial charge in [-0.25, -0.2) is 4.98 Å². The fourth-order valence-corrected chi connectivity index (χ4v) is 4.34. The number of aryl methyl sites for hydroxylation is 2. The zero-order valence-corrected chi connectivity index (χ0v) is 19.6. The number of nitrogens with zero attached hydrogens (tertiary/aromatic N) is 3. The summed E-state index contributed by atoms with van der Waals surface area (Å²) in [6, 6.07) is 11.8. The van der Waals surface area contributed by atoms with Crippen molar-refractivity contribution in [1.82, 2.24) is 9.36 Å². The van der Waals surface area contributed by atoms with Gasteiger partial charge in [0.15, 0.2) is 0 Å². The lowest BCUT2D eigenvalue weighted by atomic mass is 10.1. The molecule has 0 radical (unpaired) electrons. The van der Waals surface area contributed by atoms with E-state index in [0.717, 1.165) is 51.1 Å². The molecular weight excluding hydrogens is 424 g/mol. The van der Waals surface area contributed by atoms with Crippen molar-refractivity contribution in [2.75, 3.05) is 29.9 Å². The van der Waals surface area contributed by atoms with E-state index in [9.17, 15) is 9.90 Å². The average Bonchev–Trinajstić information content (AvgIpc) is 3.37. The highest BCUT2D eigenvalue weighted by molar-refractivity contribution is 7.09. The molecule has 0 atom stereocenters. The molecule has 0 saturated heterocycles. The van der Waals surface area contributed by atoms with Crippen molar-refractivity contribution in [1.29, 1.82) is 0 Å². The molecule has 1 aromatic heterocycles. The Morgan fingerprint density at radius 2 is 2.09 bits per heavy atom. The Morgan fingerprint density at radius 1 is 1.28 bits per heavy atom. The molecule has 2 aromatic carbocycles. The van der Waals surface area contributed by atoms with Crippen molar-refractivity contribution in [3.05, 3.63) is 53.3 Å². The monoisotopic (exact) mass is 452 g/mol. The molecule has 168 valence electrons. The van der Waals surface area contributed by atoms with Gasteiger partial charge in [0.2, 0.25) is 5.91 Å². The maximum absolute atomic E-state index is 13.0. The molecule has 2 N–H and O–H groups in total. The van der Waals surface area contributed by atoms with Crippen LogP contribution in [0.25, 0.3) is 10.6 Å². The molecule has 3 aromatic rings. The zero-order valence-electron chi connectivity index (χ0n) is 18.8. The number of hydrogen-bond donors (Lipinski definition) is 2. The minimum atomic E-state index is -0.916. The summed E-state index contributed by atoms with van der Waals surface area (Å²) in [4.78, 5) is 19.3. The average molecular weight is 453 g/mol. The van der Waals surface area contributed by atoms with Crippen LogP contribution in [0.4, 0.5) is 11.4 Å². The van der Waals surface area contributed by atoms with Gasteiger partial charge in [-0.2, -0.15) is 4.37 Å². The Labute approximate surface area is 192 Å². The van der Waals surface area contributed by atoms with Crippen LogP contribution in [0.5, 0.6) is 5.75 Å². The molecule has 0 fully saturated rings. The van der Waals surface area contributed by atoms with Gasteiger partial charge in [0.25, 0.3) is 0 Å². The second-order valence-electron chi connectivity index (χ2n) is 8.68. The third kappa shape index (κ3) is 4.92. The van der Waals surface area contributed by atoms with Crippen LogP contribution in [-0.4, -0.2) is 45.7 Å². The van der Waals surface area contributed by atoms with E-state index in [0.29, 0.717) is 6.54 Å². The van der Waals surface area contributed by atoms with Crippen LogP contribution < -0.4 is 15.0 Å². The topological polar surface area (TPSA) is 87.6 Å². The van der Waals surface area contributed by atoms with Crippen LogP contribution >= 0.6 is 11.5 Å². The predicted octanol–water partition coefficient (Wildman–Crippen LogP) is 3.97. The van der Waals surface area contributed by atoms with Crippen molar-refractivity contribution in [2.24, 2.45) is 0 Å². The van der Waals surface area contributed by atoms with Gasteiger partial charge < -0.3 is 20.1 Å². The first-order valence-electron chi connectivity index (χ1n) is 10.6. The first-order valence-corrected chi connectivity index (χ1v) is 11.4. The molecule has 8 heteroatoms. The van der Waals surface area contributed by atoms with Crippen molar-refractivity contribution in [3.8, 4) is 16.3 Å². The number of carbonyl (C=O) groups is 1. The molecule has 0 bridgehead atoms. The number of benzene rings is 2. The lowest BCUT2D eigenvalue weighted by Gasteiger charge is -2.21. The second-order valence-corrected chi connectivity index (χ2v) is 9.43. The number of nitrogens with one attached hydrogen (secondary N) is 1. The SMILES string of the molecule is Cc1nsc(-c2ccc(C)c(NCC(=O)N3CCc4c(OCC(C)(C)O)cccc43)c2)n1. The van der Waals surface area contributed by atoms with Crippen molar-refractivity contribution >= 4 is 28.8 Å². The second kappa shape index (κ2) is 8.88. The fourth-order valence-electron chi connectivity index (χ4n) is 3.68. The van der Waals surface area contributed by atoms with E-state index in [4.69, 9.17) is 4.74 Å². The largest absolute Gasteiger partial charge is 0.490 e. The minimum absolute atomic E-state index is 0.0000455. The fraction of sp³-hybridized carbons (Fsp3) is 0.375. The van der Waals surface area contributed by atoms with Crippen LogP contribution in [-0.2, 0) is 11.2 Å². The Kier molecular flexibility index (Phi) is 6.17. The first kappa shape index (κ1) is 22.2. The van der Waals surface area contributed by atoms with E-state index in [1.165, 1.54) is 11.5 Å². The molecule has 32 heavy (non-hydrogen) atoms. The highest BCUT2D eigenvalue weighted by Gasteiger charge is 2.27. The van der Waals surface area contributed by atoms with Gasteiger partial charge in [-0.05, 0) is 69.4 Å². The van der Waals surface area contributed by atoms with E-state index in [1.807, 2.05) is 50.2 Å². The van der Waals surface area contributed by atoms with E-state index < -0.39 is 5.60 Å². The summed E-state index contributed by atoms with van der Waals surface area (Å²) in [5.41, 5.74) is 3.92. The lowest BCUT2D eigenvalue weighted by Crippen LogP contribution is -2.34. The predicted molar refractivity (Wildman–Crippen MR) is 128 cm³/mol. The molecule has 0 spiro atoms. The molecule has 0 unspecified atom stereocenters. The highest BCUT2D eigenvalue weighted by Crippen LogP contribution is 2.35. The molecule has 0 saturated carbocycles. The van der Waals surface area contributed by atoms with Crippen LogP contribution in [0, 0.1) is 13.8 Å². The molecule has 1 aliphatic heterocycles. The lowest BCUT2D eigenvalue weighted by molar-refractivity contribution is -0.116. The summed E-state index contributed by atoms with van der Waals surface area (Å²) in [6.07, 6.45) is 0.730. The summed E-state index contributed by atoms with van der Waals surface area (Å²) < 4.78 is 10.1. The Hall–Kier alpha value is -2.97. The number of aliphatic hydroxyl groups is 1. The van der Waals surface area contributed by atoms with Crippen molar-refractivity contribution in [3.63, 3.8) is 0 Å². The van der Waals surface area contributed by atoms with Gasteiger partial charge in [-0.15, -0.1) is 0 Å². The maximum Gasteiger partial charge on any atom is 0.246 e. The van der Waals surface area contributed by atoms with E-state index >= 15 is 0 Å².